The lowest BCUT2D eigenvalue weighted by Gasteiger charge is -2.16. The fourth-order valence-electron chi connectivity index (χ4n) is 2.60. The Morgan fingerprint density at radius 3 is 2.64 bits per heavy atom. The first-order valence-corrected chi connectivity index (χ1v) is 8.57. The maximum absolute atomic E-state index is 11.9. The normalized spacial score (nSPS) is 11.2. The summed E-state index contributed by atoms with van der Waals surface area (Å²) in [4.78, 5) is 19.1. The maximum atomic E-state index is 11.9. The molecule has 0 aliphatic rings. The third-order valence-corrected chi connectivity index (χ3v) is 4.61. The van der Waals surface area contributed by atoms with Gasteiger partial charge in [0.1, 0.15) is 5.01 Å². The second kappa shape index (κ2) is 7.20. The molecule has 0 aliphatic carbocycles. The van der Waals surface area contributed by atoms with Crippen molar-refractivity contribution in [1.29, 1.82) is 0 Å². The van der Waals surface area contributed by atoms with Crippen LogP contribution in [0, 0.1) is 6.92 Å². The van der Waals surface area contributed by atoms with Crippen LogP contribution in [-0.4, -0.2) is 40.8 Å². The predicted octanol–water partition coefficient (Wildman–Crippen LogP) is 2.11. The highest BCUT2D eigenvalue weighted by Crippen LogP contribution is 2.28. The van der Waals surface area contributed by atoms with Crippen molar-refractivity contribution in [2.24, 2.45) is 0 Å². The fourth-order valence-corrected chi connectivity index (χ4v) is 3.63. The average molecular weight is 360 g/mol. The molecule has 0 unspecified atom stereocenters. The van der Waals surface area contributed by atoms with Crippen molar-refractivity contribution in [1.82, 2.24) is 19.5 Å². The number of aryl methyl sites for hydroxylation is 1. The van der Waals surface area contributed by atoms with Crippen LogP contribution in [0.25, 0.3) is 4.96 Å². The molecule has 3 aromatic rings. The largest absolute Gasteiger partial charge is 0.493 e. The molecule has 1 aromatic carbocycles. The zero-order valence-electron chi connectivity index (χ0n) is 14.6. The lowest BCUT2D eigenvalue weighted by atomic mass is 10.2. The van der Waals surface area contributed by atoms with E-state index in [0.717, 1.165) is 17.1 Å². The smallest absolute Gasteiger partial charge is 0.275 e. The molecule has 0 saturated carbocycles. The van der Waals surface area contributed by atoms with Crippen LogP contribution in [0.5, 0.6) is 11.5 Å². The van der Waals surface area contributed by atoms with Crippen molar-refractivity contribution in [3.63, 3.8) is 0 Å². The van der Waals surface area contributed by atoms with Gasteiger partial charge in [0, 0.05) is 18.3 Å². The van der Waals surface area contributed by atoms with E-state index in [4.69, 9.17) is 9.47 Å². The molecule has 0 atom stereocenters. The van der Waals surface area contributed by atoms with Gasteiger partial charge in [0.15, 0.2) is 11.5 Å². The third kappa shape index (κ3) is 3.80. The first-order chi connectivity index (χ1) is 12.0. The second-order valence-electron chi connectivity index (χ2n) is 5.79. The summed E-state index contributed by atoms with van der Waals surface area (Å²) in [6.45, 7) is 3.16. The number of ether oxygens (including phenoxy) is 2. The van der Waals surface area contributed by atoms with E-state index in [1.54, 1.807) is 14.2 Å². The number of methoxy groups -OCH3 is 2. The van der Waals surface area contributed by atoms with Crippen molar-refractivity contribution >= 4 is 16.3 Å². The number of fused-ring (bicyclic) bond motifs is 1. The van der Waals surface area contributed by atoms with Gasteiger partial charge in [-0.2, -0.15) is 9.61 Å². The molecule has 0 amide bonds. The molecule has 2 heterocycles. The van der Waals surface area contributed by atoms with Gasteiger partial charge in [0.2, 0.25) is 4.96 Å². The van der Waals surface area contributed by atoms with Crippen molar-refractivity contribution < 1.29 is 9.47 Å². The van der Waals surface area contributed by atoms with Gasteiger partial charge in [-0.05, 0) is 31.7 Å². The number of rotatable bonds is 6. The van der Waals surface area contributed by atoms with Gasteiger partial charge in [-0.3, -0.25) is 9.69 Å². The lowest BCUT2D eigenvalue weighted by molar-refractivity contribution is 0.314. The summed E-state index contributed by atoms with van der Waals surface area (Å²) in [5.74, 6) is 1.42. The summed E-state index contributed by atoms with van der Waals surface area (Å²) in [5, 5.41) is 5.22. The minimum atomic E-state index is -0.146. The molecule has 2 aromatic heterocycles. The molecule has 0 saturated heterocycles. The Hall–Kier alpha value is -2.45. The third-order valence-electron chi connectivity index (χ3n) is 3.72. The van der Waals surface area contributed by atoms with Gasteiger partial charge in [-0.1, -0.05) is 17.4 Å². The molecule has 8 heteroatoms. The van der Waals surface area contributed by atoms with Crippen LogP contribution in [0.4, 0.5) is 0 Å². The highest BCUT2D eigenvalue weighted by molar-refractivity contribution is 7.16. The molecule has 0 fully saturated rings. The van der Waals surface area contributed by atoms with Crippen LogP contribution in [-0.2, 0) is 13.1 Å². The first kappa shape index (κ1) is 17.4. The van der Waals surface area contributed by atoms with Crippen LogP contribution >= 0.6 is 11.3 Å². The molecular formula is C17H20N4O3S. The summed E-state index contributed by atoms with van der Waals surface area (Å²) in [7, 11) is 5.25. The maximum Gasteiger partial charge on any atom is 0.275 e. The SMILES string of the molecule is COc1ccc(CN(C)Cc2nn3c(=O)cc(C)nc3s2)cc1OC. The minimum Gasteiger partial charge on any atom is -0.493 e. The standard InChI is InChI=1S/C17H20N4O3S/c1-11-7-16(22)21-17(18-11)25-15(19-21)10-20(2)9-12-5-6-13(23-3)14(8-12)24-4/h5-8H,9-10H2,1-4H3. The number of nitrogens with zero attached hydrogens (tertiary/aromatic N) is 4. The molecule has 0 radical (unpaired) electrons. The van der Waals surface area contributed by atoms with Gasteiger partial charge < -0.3 is 9.47 Å². The summed E-state index contributed by atoms with van der Waals surface area (Å²) < 4.78 is 12.0. The van der Waals surface area contributed by atoms with Crippen molar-refractivity contribution in [2.75, 3.05) is 21.3 Å². The van der Waals surface area contributed by atoms with Crippen molar-refractivity contribution in [3.8, 4) is 11.5 Å². The van der Waals surface area contributed by atoms with Crippen molar-refractivity contribution in [2.45, 2.75) is 20.0 Å². The monoisotopic (exact) mass is 360 g/mol. The Morgan fingerprint density at radius 2 is 1.92 bits per heavy atom. The summed E-state index contributed by atoms with van der Waals surface area (Å²) in [5.41, 5.74) is 1.67. The Balaban J connectivity index is 1.75. The Labute approximate surface area is 149 Å². The van der Waals surface area contributed by atoms with Gasteiger partial charge in [-0.15, -0.1) is 0 Å². The zero-order valence-corrected chi connectivity index (χ0v) is 15.5. The molecule has 25 heavy (non-hydrogen) atoms. The van der Waals surface area contributed by atoms with E-state index in [0.29, 0.717) is 28.7 Å². The highest BCUT2D eigenvalue weighted by Gasteiger charge is 2.11. The van der Waals surface area contributed by atoms with Gasteiger partial charge in [0.05, 0.1) is 20.8 Å². The molecule has 3 rings (SSSR count). The number of aromatic nitrogens is 3. The number of hydrogen-bond acceptors (Lipinski definition) is 7. The second-order valence-corrected chi connectivity index (χ2v) is 6.83. The van der Waals surface area contributed by atoms with Crippen molar-refractivity contribution in [3.05, 3.63) is 50.9 Å². The summed E-state index contributed by atoms with van der Waals surface area (Å²) >= 11 is 1.43. The Morgan fingerprint density at radius 1 is 1.16 bits per heavy atom. The van der Waals surface area contributed by atoms with Crippen LogP contribution in [0.15, 0.2) is 29.1 Å². The minimum absolute atomic E-state index is 0.146. The van der Waals surface area contributed by atoms with E-state index in [2.05, 4.69) is 15.0 Å². The van der Waals surface area contributed by atoms with E-state index in [1.165, 1.54) is 21.9 Å². The molecule has 0 bridgehead atoms. The van der Waals surface area contributed by atoms with Crippen LogP contribution in [0.3, 0.4) is 0 Å². The van der Waals surface area contributed by atoms with E-state index < -0.39 is 0 Å². The van der Waals surface area contributed by atoms with Crippen LogP contribution < -0.4 is 15.0 Å². The number of hydrogen-bond donors (Lipinski definition) is 0. The van der Waals surface area contributed by atoms with E-state index in [-0.39, 0.29) is 5.56 Å². The van der Waals surface area contributed by atoms with Gasteiger partial charge in [0.25, 0.3) is 5.56 Å². The molecule has 0 spiro atoms. The Kier molecular flexibility index (Phi) is 5.00. The summed E-state index contributed by atoms with van der Waals surface area (Å²) in [6, 6.07) is 7.35. The fraction of sp³-hybridized carbons (Fsp3) is 0.353. The van der Waals surface area contributed by atoms with Crippen LogP contribution in [0.2, 0.25) is 0 Å². The number of benzene rings is 1. The predicted molar refractivity (Wildman–Crippen MR) is 96.6 cm³/mol. The van der Waals surface area contributed by atoms with E-state index in [1.807, 2.05) is 32.2 Å². The summed E-state index contributed by atoms with van der Waals surface area (Å²) in [6.07, 6.45) is 0. The lowest BCUT2D eigenvalue weighted by Crippen LogP contribution is -2.18. The molecular weight excluding hydrogens is 340 g/mol. The van der Waals surface area contributed by atoms with E-state index >= 15 is 0 Å². The zero-order chi connectivity index (χ0) is 18.0. The molecule has 7 nitrogen and oxygen atoms in total. The molecule has 132 valence electrons. The first-order valence-electron chi connectivity index (χ1n) is 7.76. The topological polar surface area (TPSA) is 69.0 Å². The molecule has 0 aliphatic heterocycles. The van der Waals surface area contributed by atoms with Gasteiger partial charge >= 0.3 is 0 Å². The molecule has 0 N–H and O–H groups in total. The quantitative estimate of drug-likeness (QED) is 0.671. The van der Waals surface area contributed by atoms with Gasteiger partial charge in [-0.25, -0.2) is 4.98 Å². The highest BCUT2D eigenvalue weighted by atomic mass is 32.1. The van der Waals surface area contributed by atoms with Crippen LogP contribution in [0.1, 0.15) is 16.3 Å². The average Bonchev–Trinajstić information content (AvgIpc) is 2.97. The van der Waals surface area contributed by atoms with E-state index in [9.17, 15) is 4.79 Å². The Bertz CT molecular complexity index is 951.